The van der Waals surface area contributed by atoms with Gasteiger partial charge in [-0.1, -0.05) is 29.8 Å². The first-order valence-electron chi connectivity index (χ1n) is 9.58. The molecule has 6 nitrogen and oxygen atoms in total. The zero-order chi connectivity index (χ0) is 22.6. The van der Waals surface area contributed by atoms with Gasteiger partial charge < -0.3 is 10.1 Å². The van der Waals surface area contributed by atoms with Crippen LogP contribution in [0.3, 0.4) is 0 Å². The van der Waals surface area contributed by atoms with Gasteiger partial charge in [-0.05, 0) is 80.4 Å². The smallest absolute Gasteiger partial charge is 0.265 e. The average molecular weight is 459 g/mol. The second kappa shape index (κ2) is 9.41. The van der Waals surface area contributed by atoms with Crippen molar-refractivity contribution in [1.29, 1.82) is 0 Å². The molecule has 0 saturated heterocycles. The van der Waals surface area contributed by atoms with Crippen LogP contribution in [0, 0.1) is 13.8 Å². The van der Waals surface area contributed by atoms with Gasteiger partial charge in [0.15, 0.2) is 6.10 Å². The molecule has 0 aromatic heterocycles. The number of anilines is 2. The zero-order valence-corrected chi connectivity index (χ0v) is 18.9. The second-order valence-corrected chi connectivity index (χ2v) is 9.22. The molecule has 3 aromatic carbocycles. The largest absolute Gasteiger partial charge is 0.481 e. The van der Waals surface area contributed by atoms with Crippen molar-refractivity contribution in [3.05, 3.63) is 82.9 Å². The minimum Gasteiger partial charge on any atom is -0.481 e. The number of para-hydroxylation sites is 1. The van der Waals surface area contributed by atoms with Gasteiger partial charge in [0.05, 0.1) is 10.6 Å². The van der Waals surface area contributed by atoms with E-state index in [1.54, 1.807) is 31.2 Å². The quantitative estimate of drug-likeness (QED) is 0.512. The summed E-state index contributed by atoms with van der Waals surface area (Å²) >= 11 is 5.84. The Kier molecular flexibility index (Phi) is 6.87. The highest BCUT2D eigenvalue weighted by molar-refractivity contribution is 7.92. The molecular weight excluding hydrogens is 436 g/mol. The van der Waals surface area contributed by atoms with Crippen LogP contribution in [-0.4, -0.2) is 20.4 Å². The molecule has 0 heterocycles. The fourth-order valence-corrected chi connectivity index (χ4v) is 4.23. The van der Waals surface area contributed by atoms with E-state index in [-0.39, 0.29) is 10.8 Å². The van der Waals surface area contributed by atoms with Crippen LogP contribution in [0.15, 0.2) is 71.6 Å². The van der Waals surface area contributed by atoms with Crippen molar-refractivity contribution in [2.24, 2.45) is 0 Å². The molecule has 0 bridgehead atoms. The lowest BCUT2D eigenvalue weighted by Crippen LogP contribution is -2.30. The molecule has 0 aliphatic rings. The van der Waals surface area contributed by atoms with Crippen molar-refractivity contribution in [2.75, 3.05) is 10.0 Å². The summed E-state index contributed by atoms with van der Waals surface area (Å²) in [5.74, 6) is 0.158. The highest BCUT2D eigenvalue weighted by Crippen LogP contribution is 2.24. The summed E-state index contributed by atoms with van der Waals surface area (Å²) in [5, 5.41) is 3.29. The van der Waals surface area contributed by atoms with Crippen LogP contribution < -0.4 is 14.8 Å². The molecule has 162 valence electrons. The minimum atomic E-state index is -3.76. The Hall–Kier alpha value is -3.03. The maximum Gasteiger partial charge on any atom is 0.265 e. The van der Waals surface area contributed by atoms with E-state index in [9.17, 15) is 13.2 Å². The molecule has 3 aromatic rings. The van der Waals surface area contributed by atoms with E-state index in [1.165, 1.54) is 24.3 Å². The molecule has 1 amide bonds. The Bertz CT molecular complexity index is 1160. The van der Waals surface area contributed by atoms with Crippen LogP contribution in [-0.2, 0) is 14.8 Å². The highest BCUT2D eigenvalue weighted by Gasteiger charge is 2.18. The summed E-state index contributed by atoms with van der Waals surface area (Å²) in [4.78, 5) is 12.5. The van der Waals surface area contributed by atoms with Crippen molar-refractivity contribution in [3.63, 3.8) is 0 Å². The zero-order valence-electron chi connectivity index (χ0n) is 17.3. The van der Waals surface area contributed by atoms with E-state index in [4.69, 9.17) is 16.3 Å². The van der Waals surface area contributed by atoms with E-state index in [2.05, 4.69) is 10.0 Å². The molecule has 2 N–H and O–H groups in total. The number of sulfonamides is 1. The lowest BCUT2D eigenvalue weighted by atomic mass is 10.1. The number of carbonyl (C=O) groups is 1. The highest BCUT2D eigenvalue weighted by atomic mass is 35.5. The lowest BCUT2D eigenvalue weighted by molar-refractivity contribution is -0.122. The fraction of sp³-hybridized carbons (Fsp3) is 0.174. The van der Waals surface area contributed by atoms with Crippen molar-refractivity contribution < 1.29 is 17.9 Å². The van der Waals surface area contributed by atoms with Crippen LogP contribution >= 0.6 is 11.6 Å². The summed E-state index contributed by atoms with van der Waals surface area (Å²) in [6, 6.07) is 18.2. The van der Waals surface area contributed by atoms with E-state index in [1.807, 2.05) is 32.0 Å². The Balaban J connectivity index is 1.66. The summed E-state index contributed by atoms with van der Waals surface area (Å²) < 4.78 is 33.7. The van der Waals surface area contributed by atoms with E-state index < -0.39 is 16.1 Å². The van der Waals surface area contributed by atoms with Gasteiger partial charge in [0.1, 0.15) is 5.75 Å². The number of ether oxygens (including phenoxy) is 1. The predicted octanol–water partition coefficient (Wildman–Crippen LogP) is 5.16. The van der Waals surface area contributed by atoms with E-state index in [0.29, 0.717) is 22.1 Å². The number of benzene rings is 3. The molecule has 8 heteroatoms. The molecule has 0 aliphatic heterocycles. The number of hydrogen-bond donors (Lipinski definition) is 2. The number of halogens is 1. The standard InChI is InChI=1S/C23H23ClN2O4S/c1-15-5-4-6-16(2)22(15)26-31(28,29)21-13-9-19(10-14-21)25-23(27)17(3)30-20-11-7-18(24)8-12-20/h4-14,17,26H,1-3H3,(H,25,27). The van der Waals surface area contributed by atoms with Gasteiger partial charge >= 0.3 is 0 Å². The number of aryl methyl sites for hydroxylation is 2. The van der Waals surface area contributed by atoms with E-state index in [0.717, 1.165) is 11.1 Å². The molecule has 31 heavy (non-hydrogen) atoms. The first-order valence-corrected chi connectivity index (χ1v) is 11.4. The first-order chi connectivity index (χ1) is 14.7. The average Bonchev–Trinajstić information content (AvgIpc) is 2.73. The summed E-state index contributed by atoms with van der Waals surface area (Å²) in [6.45, 7) is 5.31. The van der Waals surface area contributed by atoms with Crippen LogP contribution in [0.25, 0.3) is 0 Å². The predicted molar refractivity (Wildman–Crippen MR) is 123 cm³/mol. The van der Waals surface area contributed by atoms with Gasteiger partial charge in [0, 0.05) is 10.7 Å². The number of nitrogens with one attached hydrogen (secondary N) is 2. The van der Waals surface area contributed by atoms with Crippen molar-refractivity contribution in [2.45, 2.75) is 31.8 Å². The third-order valence-corrected chi connectivity index (χ3v) is 6.26. The maximum absolute atomic E-state index is 12.7. The van der Waals surface area contributed by atoms with Gasteiger partial charge in [0.2, 0.25) is 0 Å². The molecule has 3 rings (SSSR count). The van der Waals surface area contributed by atoms with Gasteiger partial charge in [-0.25, -0.2) is 8.42 Å². The lowest BCUT2D eigenvalue weighted by Gasteiger charge is -2.15. The number of rotatable bonds is 7. The molecule has 0 radical (unpaired) electrons. The Morgan fingerprint density at radius 2 is 1.52 bits per heavy atom. The SMILES string of the molecule is Cc1cccc(C)c1NS(=O)(=O)c1ccc(NC(=O)C(C)Oc2ccc(Cl)cc2)cc1. The number of amides is 1. The van der Waals surface area contributed by atoms with Crippen LogP contribution in [0.5, 0.6) is 5.75 Å². The maximum atomic E-state index is 12.7. The van der Waals surface area contributed by atoms with Gasteiger partial charge in [-0.2, -0.15) is 0 Å². The molecule has 1 atom stereocenters. The van der Waals surface area contributed by atoms with Crippen LogP contribution in [0.4, 0.5) is 11.4 Å². The van der Waals surface area contributed by atoms with Crippen LogP contribution in [0.2, 0.25) is 5.02 Å². The third-order valence-electron chi connectivity index (χ3n) is 4.65. The summed E-state index contributed by atoms with van der Waals surface area (Å²) in [5.41, 5.74) is 2.69. The molecular formula is C23H23ClN2O4S. The second-order valence-electron chi connectivity index (χ2n) is 7.10. The van der Waals surface area contributed by atoms with Crippen LogP contribution in [0.1, 0.15) is 18.1 Å². The van der Waals surface area contributed by atoms with Gasteiger partial charge in [-0.3, -0.25) is 9.52 Å². The monoisotopic (exact) mass is 458 g/mol. The minimum absolute atomic E-state index is 0.0959. The van der Waals surface area contributed by atoms with Crippen molar-refractivity contribution in [3.8, 4) is 5.75 Å². The fourth-order valence-electron chi connectivity index (χ4n) is 2.90. The Morgan fingerprint density at radius 3 is 2.10 bits per heavy atom. The molecule has 1 unspecified atom stereocenters. The topological polar surface area (TPSA) is 84.5 Å². The number of hydrogen-bond acceptors (Lipinski definition) is 4. The van der Waals surface area contributed by atoms with Gasteiger partial charge in [-0.15, -0.1) is 0 Å². The summed E-state index contributed by atoms with van der Waals surface area (Å²) in [7, 11) is -3.76. The molecule has 0 aliphatic carbocycles. The van der Waals surface area contributed by atoms with E-state index >= 15 is 0 Å². The third kappa shape index (κ3) is 5.77. The molecule has 0 saturated carbocycles. The van der Waals surface area contributed by atoms with Crippen molar-refractivity contribution >= 4 is 38.9 Å². The first kappa shape index (κ1) is 22.7. The van der Waals surface area contributed by atoms with Crippen molar-refractivity contribution in [1.82, 2.24) is 0 Å². The Labute approximate surface area is 187 Å². The number of carbonyl (C=O) groups excluding carboxylic acids is 1. The Morgan fingerprint density at radius 1 is 0.935 bits per heavy atom. The molecule has 0 fully saturated rings. The summed E-state index contributed by atoms with van der Waals surface area (Å²) in [6.07, 6.45) is -0.754. The molecule has 0 spiro atoms. The normalized spacial score (nSPS) is 12.1. The van der Waals surface area contributed by atoms with Gasteiger partial charge in [0.25, 0.3) is 15.9 Å².